The lowest BCUT2D eigenvalue weighted by atomic mass is 9.96. The zero-order valence-electron chi connectivity index (χ0n) is 16.3. The van der Waals surface area contributed by atoms with E-state index in [4.69, 9.17) is 4.74 Å². The van der Waals surface area contributed by atoms with Crippen LogP contribution >= 0.6 is 0 Å². The molecule has 0 saturated carbocycles. The van der Waals surface area contributed by atoms with Crippen LogP contribution in [0.25, 0.3) is 0 Å². The first-order valence-corrected chi connectivity index (χ1v) is 9.21. The summed E-state index contributed by atoms with van der Waals surface area (Å²) < 4.78 is 5.14. The fourth-order valence-corrected chi connectivity index (χ4v) is 3.01. The van der Waals surface area contributed by atoms with Crippen LogP contribution in [0.2, 0.25) is 0 Å². The number of nitro groups is 1. The molecule has 0 aliphatic carbocycles. The molecule has 3 rings (SSSR count). The molecule has 0 heterocycles. The molecule has 0 aromatic heterocycles. The molecule has 0 aliphatic rings. The number of carbonyl (C=O) groups excluding carboxylic acids is 1. The maximum absolute atomic E-state index is 12.9. The molecule has 29 heavy (non-hydrogen) atoms. The van der Waals surface area contributed by atoms with Crippen molar-refractivity contribution in [1.29, 1.82) is 0 Å². The second-order valence-corrected chi connectivity index (χ2v) is 6.77. The van der Waals surface area contributed by atoms with E-state index in [9.17, 15) is 14.9 Å². The van der Waals surface area contributed by atoms with Gasteiger partial charge in [-0.3, -0.25) is 14.9 Å². The lowest BCUT2D eigenvalue weighted by molar-refractivity contribution is -0.384. The first kappa shape index (κ1) is 20.1. The van der Waals surface area contributed by atoms with Gasteiger partial charge in [0.25, 0.3) is 5.69 Å². The molecular formula is C23H22N2O4. The highest BCUT2D eigenvalue weighted by Crippen LogP contribution is 2.26. The van der Waals surface area contributed by atoms with Gasteiger partial charge in [0, 0.05) is 29.8 Å². The Kier molecular flexibility index (Phi) is 6.24. The predicted octanol–water partition coefficient (Wildman–Crippen LogP) is 5.34. The van der Waals surface area contributed by atoms with Gasteiger partial charge in [-0.25, -0.2) is 0 Å². The van der Waals surface area contributed by atoms with Crippen LogP contribution in [0.4, 0.5) is 11.4 Å². The molecule has 0 spiro atoms. The highest BCUT2D eigenvalue weighted by atomic mass is 16.6. The molecule has 0 amide bonds. The van der Waals surface area contributed by atoms with Gasteiger partial charge in [0.05, 0.1) is 18.1 Å². The minimum Gasteiger partial charge on any atom is -0.497 e. The summed E-state index contributed by atoms with van der Waals surface area (Å²) >= 11 is 0. The molecule has 6 heteroatoms. The number of non-ortho nitro benzene ring substituents is 1. The second kappa shape index (κ2) is 9.01. The summed E-state index contributed by atoms with van der Waals surface area (Å²) in [6.07, 6.45) is 0.242. The Morgan fingerprint density at radius 2 is 1.62 bits per heavy atom. The highest BCUT2D eigenvalue weighted by molar-refractivity contribution is 5.96. The average molecular weight is 390 g/mol. The summed E-state index contributed by atoms with van der Waals surface area (Å²) in [4.78, 5) is 23.3. The average Bonchev–Trinajstić information content (AvgIpc) is 2.74. The number of aryl methyl sites for hydroxylation is 1. The SMILES string of the molecule is COc1ccc(C(=O)CC(Nc2ccc([N+](=O)[O-])cc2)c2ccc(C)cc2)cc1. The smallest absolute Gasteiger partial charge is 0.269 e. The third-order valence-electron chi connectivity index (χ3n) is 4.70. The van der Waals surface area contributed by atoms with Crippen molar-refractivity contribution in [2.24, 2.45) is 0 Å². The van der Waals surface area contributed by atoms with E-state index in [1.165, 1.54) is 12.1 Å². The zero-order chi connectivity index (χ0) is 20.8. The summed E-state index contributed by atoms with van der Waals surface area (Å²) in [5.41, 5.74) is 3.44. The van der Waals surface area contributed by atoms with E-state index in [0.29, 0.717) is 17.0 Å². The van der Waals surface area contributed by atoms with Crippen molar-refractivity contribution in [2.75, 3.05) is 12.4 Å². The molecule has 6 nitrogen and oxygen atoms in total. The molecule has 3 aromatic rings. The Morgan fingerprint density at radius 1 is 1.00 bits per heavy atom. The largest absolute Gasteiger partial charge is 0.497 e. The number of nitrogens with zero attached hydrogens (tertiary/aromatic N) is 1. The molecule has 3 aromatic carbocycles. The summed E-state index contributed by atoms with van der Waals surface area (Å²) in [6.45, 7) is 2.01. The molecule has 0 bridgehead atoms. The second-order valence-electron chi connectivity index (χ2n) is 6.77. The van der Waals surface area contributed by atoms with E-state index in [-0.39, 0.29) is 23.9 Å². The van der Waals surface area contributed by atoms with Crippen molar-refractivity contribution < 1.29 is 14.5 Å². The van der Waals surface area contributed by atoms with Gasteiger partial charge in [-0.15, -0.1) is 0 Å². The third-order valence-corrected chi connectivity index (χ3v) is 4.70. The van der Waals surface area contributed by atoms with Gasteiger partial charge in [-0.05, 0) is 48.9 Å². The number of anilines is 1. The molecular weight excluding hydrogens is 368 g/mol. The summed E-state index contributed by atoms with van der Waals surface area (Å²) in [6, 6.07) is 20.9. The normalized spacial score (nSPS) is 11.5. The van der Waals surface area contributed by atoms with Crippen molar-refractivity contribution in [3.8, 4) is 5.75 Å². The van der Waals surface area contributed by atoms with Gasteiger partial charge in [-0.1, -0.05) is 29.8 Å². The van der Waals surface area contributed by atoms with Crippen LogP contribution in [0, 0.1) is 17.0 Å². The molecule has 1 atom stereocenters. The van der Waals surface area contributed by atoms with E-state index >= 15 is 0 Å². The summed E-state index contributed by atoms with van der Waals surface area (Å²) in [5.74, 6) is 0.688. The lowest BCUT2D eigenvalue weighted by Crippen LogP contribution is -2.16. The number of hydrogen-bond acceptors (Lipinski definition) is 5. The van der Waals surface area contributed by atoms with E-state index < -0.39 is 4.92 Å². The number of nitro benzene ring substituents is 1. The van der Waals surface area contributed by atoms with Crippen molar-refractivity contribution in [3.05, 3.63) is 99.6 Å². The Hall–Kier alpha value is -3.67. The van der Waals surface area contributed by atoms with Gasteiger partial charge in [-0.2, -0.15) is 0 Å². The Morgan fingerprint density at radius 3 is 2.17 bits per heavy atom. The first-order valence-electron chi connectivity index (χ1n) is 9.21. The van der Waals surface area contributed by atoms with Crippen molar-refractivity contribution in [2.45, 2.75) is 19.4 Å². The molecule has 1 unspecified atom stereocenters. The quantitative estimate of drug-likeness (QED) is 0.319. The molecule has 0 fully saturated rings. The van der Waals surface area contributed by atoms with Crippen LogP contribution in [0.15, 0.2) is 72.8 Å². The van der Waals surface area contributed by atoms with Gasteiger partial charge in [0.15, 0.2) is 5.78 Å². The van der Waals surface area contributed by atoms with Crippen molar-refractivity contribution in [3.63, 3.8) is 0 Å². The van der Waals surface area contributed by atoms with Gasteiger partial charge in [0.2, 0.25) is 0 Å². The Bertz CT molecular complexity index is 981. The topological polar surface area (TPSA) is 81.5 Å². The minimum absolute atomic E-state index is 0.00682. The molecule has 0 radical (unpaired) electrons. The summed E-state index contributed by atoms with van der Waals surface area (Å²) in [7, 11) is 1.58. The number of methoxy groups -OCH3 is 1. The number of carbonyl (C=O) groups is 1. The third kappa shape index (κ3) is 5.19. The number of benzene rings is 3. The first-order chi connectivity index (χ1) is 14.0. The van der Waals surface area contributed by atoms with Crippen LogP contribution in [-0.4, -0.2) is 17.8 Å². The van der Waals surface area contributed by atoms with Gasteiger partial charge < -0.3 is 10.1 Å². The fourth-order valence-electron chi connectivity index (χ4n) is 3.01. The highest BCUT2D eigenvalue weighted by Gasteiger charge is 2.18. The molecule has 148 valence electrons. The van der Waals surface area contributed by atoms with Crippen molar-refractivity contribution >= 4 is 17.2 Å². The van der Waals surface area contributed by atoms with E-state index in [1.54, 1.807) is 43.5 Å². The van der Waals surface area contributed by atoms with E-state index in [1.807, 2.05) is 31.2 Å². The lowest BCUT2D eigenvalue weighted by Gasteiger charge is -2.20. The number of Topliss-reactive ketones (excluding diaryl/α,β-unsaturated/α-hetero) is 1. The number of rotatable bonds is 8. The van der Waals surface area contributed by atoms with Crippen LogP contribution in [0.3, 0.4) is 0 Å². The van der Waals surface area contributed by atoms with E-state index in [0.717, 1.165) is 11.1 Å². The Balaban J connectivity index is 1.83. The molecule has 1 N–H and O–H groups in total. The van der Waals surface area contributed by atoms with Crippen LogP contribution in [0.5, 0.6) is 5.75 Å². The zero-order valence-corrected chi connectivity index (χ0v) is 16.3. The van der Waals surface area contributed by atoms with Crippen LogP contribution < -0.4 is 10.1 Å². The standard InChI is InChI=1S/C23H22N2O4/c1-16-3-5-17(6-4-16)22(24-19-9-11-20(12-10-19)25(27)28)15-23(26)18-7-13-21(29-2)14-8-18/h3-14,22,24H,15H2,1-2H3. The summed E-state index contributed by atoms with van der Waals surface area (Å²) in [5, 5.41) is 14.2. The molecule has 0 aliphatic heterocycles. The van der Waals surface area contributed by atoms with Gasteiger partial charge in [0.1, 0.15) is 5.75 Å². The fraction of sp³-hybridized carbons (Fsp3) is 0.174. The van der Waals surface area contributed by atoms with Crippen LogP contribution in [-0.2, 0) is 0 Å². The number of ether oxygens (including phenoxy) is 1. The van der Waals surface area contributed by atoms with Gasteiger partial charge >= 0.3 is 0 Å². The van der Waals surface area contributed by atoms with Crippen molar-refractivity contribution in [1.82, 2.24) is 0 Å². The maximum Gasteiger partial charge on any atom is 0.269 e. The minimum atomic E-state index is -0.436. The monoisotopic (exact) mass is 390 g/mol. The van der Waals surface area contributed by atoms with E-state index in [2.05, 4.69) is 5.32 Å². The van der Waals surface area contributed by atoms with Crippen LogP contribution in [0.1, 0.15) is 33.9 Å². The number of nitrogens with one attached hydrogen (secondary N) is 1. The predicted molar refractivity (Wildman–Crippen MR) is 113 cm³/mol. The maximum atomic E-state index is 12.9. The number of hydrogen-bond donors (Lipinski definition) is 1. The Labute approximate surface area is 169 Å². The molecule has 0 saturated heterocycles. The number of ketones is 1.